The number of piperidine rings is 1. The van der Waals surface area contributed by atoms with Crippen molar-refractivity contribution in [2.45, 2.75) is 19.8 Å². The summed E-state index contributed by atoms with van der Waals surface area (Å²) < 4.78 is 10.4. The van der Waals surface area contributed by atoms with E-state index in [4.69, 9.17) is 9.47 Å². The first-order valence-electron chi connectivity index (χ1n) is 6.67. The molecule has 0 unspecified atom stereocenters. The van der Waals surface area contributed by atoms with E-state index in [-0.39, 0.29) is 5.91 Å². The normalized spacial score (nSPS) is 19.1. The van der Waals surface area contributed by atoms with Gasteiger partial charge >= 0.3 is 0 Å². The maximum absolute atomic E-state index is 12.4. The highest BCUT2D eigenvalue weighted by Crippen LogP contribution is 2.28. The maximum atomic E-state index is 12.4. The molecule has 19 heavy (non-hydrogen) atoms. The van der Waals surface area contributed by atoms with E-state index >= 15 is 0 Å². The van der Waals surface area contributed by atoms with E-state index in [1.807, 2.05) is 4.90 Å². The van der Waals surface area contributed by atoms with E-state index in [0.717, 1.165) is 19.5 Å². The third-order valence-electron chi connectivity index (χ3n) is 3.57. The first kappa shape index (κ1) is 13.7. The number of hydrogen-bond donors (Lipinski definition) is 0. The number of likely N-dealkylation sites (tertiary alicyclic amines) is 1. The molecule has 1 heterocycles. The molecule has 0 bridgehead atoms. The van der Waals surface area contributed by atoms with Crippen molar-refractivity contribution in [3.05, 3.63) is 23.8 Å². The average Bonchev–Trinajstić information content (AvgIpc) is 2.45. The van der Waals surface area contributed by atoms with Gasteiger partial charge in [0.05, 0.1) is 14.2 Å². The summed E-state index contributed by atoms with van der Waals surface area (Å²) >= 11 is 0. The monoisotopic (exact) mass is 263 g/mol. The molecule has 104 valence electrons. The van der Waals surface area contributed by atoms with Crippen LogP contribution in [0.4, 0.5) is 0 Å². The molecule has 0 aliphatic carbocycles. The zero-order valence-corrected chi connectivity index (χ0v) is 11.8. The molecule has 1 fully saturated rings. The second-order valence-electron chi connectivity index (χ2n) is 5.07. The summed E-state index contributed by atoms with van der Waals surface area (Å²) in [6.07, 6.45) is 2.29. The second-order valence-corrected chi connectivity index (χ2v) is 5.07. The van der Waals surface area contributed by atoms with Gasteiger partial charge in [0.2, 0.25) is 0 Å². The van der Waals surface area contributed by atoms with Gasteiger partial charge in [-0.2, -0.15) is 0 Å². The highest BCUT2D eigenvalue weighted by Gasteiger charge is 2.22. The topological polar surface area (TPSA) is 38.8 Å². The largest absolute Gasteiger partial charge is 0.493 e. The molecule has 1 saturated heterocycles. The zero-order valence-electron chi connectivity index (χ0n) is 11.8. The van der Waals surface area contributed by atoms with Crippen molar-refractivity contribution >= 4 is 5.91 Å². The Morgan fingerprint density at radius 3 is 2.63 bits per heavy atom. The van der Waals surface area contributed by atoms with Crippen molar-refractivity contribution < 1.29 is 14.3 Å². The highest BCUT2D eigenvalue weighted by atomic mass is 16.5. The van der Waals surface area contributed by atoms with Crippen LogP contribution in [0, 0.1) is 5.92 Å². The fourth-order valence-corrected chi connectivity index (χ4v) is 2.53. The lowest BCUT2D eigenvalue weighted by Gasteiger charge is -2.31. The third kappa shape index (κ3) is 3.00. The molecule has 2 rings (SSSR count). The lowest BCUT2D eigenvalue weighted by Crippen LogP contribution is -2.39. The van der Waals surface area contributed by atoms with Crippen LogP contribution in [0.1, 0.15) is 30.1 Å². The van der Waals surface area contributed by atoms with Crippen LogP contribution in [-0.2, 0) is 0 Å². The first-order valence-corrected chi connectivity index (χ1v) is 6.67. The molecule has 4 nitrogen and oxygen atoms in total. The van der Waals surface area contributed by atoms with Crippen molar-refractivity contribution in [3.63, 3.8) is 0 Å². The van der Waals surface area contributed by atoms with Gasteiger partial charge in [-0.05, 0) is 37.0 Å². The predicted molar refractivity (Wildman–Crippen MR) is 73.8 cm³/mol. The molecule has 1 aliphatic heterocycles. The fourth-order valence-electron chi connectivity index (χ4n) is 2.53. The van der Waals surface area contributed by atoms with Gasteiger partial charge in [0.15, 0.2) is 11.5 Å². The molecular formula is C15H21NO3. The number of nitrogens with zero attached hydrogens (tertiary/aromatic N) is 1. The summed E-state index contributed by atoms with van der Waals surface area (Å²) in [6, 6.07) is 5.32. The quantitative estimate of drug-likeness (QED) is 0.841. The number of carbonyl (C=O) groups excluding carboxylic acids is 1. The van der Waals surface area contributed by atoms with Crippen molar-refractivity contribution in [3.8, 4) is 11.5 Å². The van der Waals surface area contributed by atoms with E-state index in [0.29, 0.717) is 23.0 Å². The van der Waals surface area contributed by atoms with Crippen LogP contribution in [0.25, 0.3) is 0 Å². The molecule has 0 saturated carbocycles. The number of methoxy groups -OCH3 is 2. The Labute approximate surface area is 114 Å². The van der Waals surface area contributed by atoms with Gasteiger partial charge < -0.3 is 14.4 Å². The molecule has 1 aromatic carbocycles. The van der Waals surface area contributed by atoms with Gasteiger partial charge in [-0.1, -0.05) is 6.92 Å². The Morgan fingerprint density at radius 2 is 2.00 bits per heavy atom. The van der Waals surface area contributed by atoms with Crippen LogP contribution in [0.3, 0.4) is 0 Å². The van der Waals surface area contributed by atoms with E-state index < -0.39 is 0 Å². The van der Waals surface area contributed by atoms with Crippen LogP contribution in [0.2, 0.25) is 0 Å². The molecule has 0 aromatic heterocycles. The number of amides is 1. The SMILES string of the molecule is COc1ccc(C(=O)N2CCC[C@H](C)C2)cc1OC. The molecule has 4 heteroatoms. The number of rotatable bonds is 3. The van der Waals surface area contributed by atoms with E-state index in [2.05, 4.69) is 6.92 Å². The van der Waals surface area contributed by atoms with Crippen molar-refractivity contribution in [1.82, 2.24) is 4.90 Å². The summed E-state index contributed by atoms with van der Waals surface area (Å²) in [6.45, 7) is 3.87. The average molecular weight is 263 g/mol. The molecular weight excluding hydrogens is 242 g/mol. The molecule has 1 aliphatic rings. The molecule has 1 atom stereocenters. The van der Waals surface area contributed by atoms with Gasteiger partial charge in [0, 0.05) is 18.7 Å². The van der Waals surface area contributed by atoms with E-state index in [9.17, 15) is 4.79 Å². The molecule has 0 radical (unpaired) electrons. The van der Waals surface area contributed by atoms with Crippen molar-refractivity contribution in [2.75, 3.05) is 27.3 Å². The number of ether oxygens (including phenoxy) is 2. The Balaban J connectivity index is 2.19. The number of benzene rings is 1. The lowest BCUT2D eigenvalue weighted by molar-refractivity contribution is 0.0682. The summed E-state index contributed by atoms with van der Waals surface area (Å²) in [7, 11) is 3.17. The summed E-state index contributed by atoms with van der Waals surface area (Å²) in [4.78, 5) is 14.4. The second kappa shape index (κ2) is 5.95. The molecule has 0 N–H and O–H groups in total. The van der Waals surface area contributed by atoms with Crippen LogP contribution in [0.5, 0.6) is 11.5 Å². The number of hydrogen-bond acceptors (Lipinski definition) is 3. The minimum atomic E-state index is 0.0764. The highest BCUT2D eigenvalue weighted by molar-refractivity contribution is 5.95. The van der Waals surface area contributed by atoms with Crippen LogP contribution < -0.4 is 9.47 Å². The number of carbonyl (C=O) groups is 1. The zero-order chi connectivity index (χ0) is 13.8. The smallest absolute Gasteiger partial charge is 0.254 e. The van der Waals surface area contributed by atoms with Crippen LogP contribution >= 0.6 is 0 Å². The summed E-state index contributed by atoms with van der Waals surface area (Å²) in [5.74, 6) is 1.90. The van der Waals surface area contributed by atoms with Gasteiger partial charge in [-0.25, -0.2) is 0 Å². The Bertz CT molecular complexity index is 459. The molecule has 1 amide bonds. The third-order valence-corrected chi connectivity index (χ3v) is 3.57. The lowest BCUT2D eigenvalue weighted by atomic mass is 9.99. The van der Waals surface area contributed by atoms with Crippen LogP contribution in [-0.4, -0.2) is 38.1 Å². The summed E-state index contributed by atoms with van der Waals surface area (Å²) in [5.41, 5.74) is 0.659. The van der Waals surface area contributed by atoms with Gasteiger partial charge in [-0.15, -0.1) is 0 Å². The molecule has 1 aromatic rings. The fraction of sp³-hybridized carbons (Fsp3) is 0.533. The Kier molecular flexibility index (Phi) is 4.30. The minimum Gasteiger partial charge on any atom is -0.493 e. The van der Waals surface area contributed by atoms with Crippen LogP contribution in [0.15, 0.2) is 18.2 Å². The Morgan fingerprint density at radius 1 is 1.26 bits per heavy atom. The van der Waals surface area contributed by atoms with Crippen molar-refractivity contribution in [2.24, 2.45) is 5.92 Å². The first-order chi connectivity index (χ1) is 9.15. The standard InChI is InChI=1S/C15H21NO3/c1-11-5-4-8-16(10-11)15(17)12-6-7-13(18-2)14(9-12)19-3/h6-7,9,11H,4-5,8,10H2,1-3H3/t11-/m0/s1. The minimum absolute atomic E-state index is 0.0764. The summed E-state index contributed by atoms with van der Waals surface area (Å²) in [5, 5.41) is 0. The van der Waals surface area contributed by atoms with Gasteiger partial charge in [-0.3, -0.25) is 4.79 Å². The van der Waals surface area contributed by atoms with Gasteiger partial charge in [0.1, 0.15) is 0 Å². The van der Waals surface area contributed by atoms with E-state index in [1.165, 1.54) is 6.42 Å². The maximum Gasteiger partial charge on any atom is 0.254 e. The Hall–Kier alpha value is -1.71. The van der Waals surface area contributed by atoms with E-state index in [1.54, 1.807) is 32.4 Å². The molecule has 0 spiro atoms. The predicted octanol–water partition coefficient (Wildman–Crippen LogP) is 2.58. The van der Waals surface area contributed by atoms with Crippen molar-refractivity contribution in [1.29, 1.82) is 0 Å². The van der Waals surface area contributed by atoms with Gasteiger partial charge in [0.25, 0.3) is 5.91 Å².